The maximum absolute atomic E-state index is 13.0. The standard InChI is InChI=1S/C26H30N2O5/c1-2-8-23(24(29)28-14-7-9-17(15-28)25(30)31)27-26(32)33-16-22-20-12-5-3-10-18(20)19-11-4-6-13-21(19)22/h3-6,10-13,17,22-23H,2,7-9,14-16H2,1H3,(H,27,32)(H,30,31)/t17-,23-/m1/s1. The highest BCUT2D eigenvalue weighted by Gasteiger charge is 2.33. The summed E-state index contributed by atoms with van der Waals surface area (Å²) in [6.07, 6.45) is 1.76. The second-order valence-electron chi connectivity index (χ2n) is 8.77. The summed E-state index contributed by atoms with van der Waals surface area (Å²) in [5.74, 6) is -1.73. The van der Waals surface area contributed by atoms with Gasteiger partial charge in [0, 0.05) is 19.0 Å². The number of hydrogen-bond acceptors (Lipinski definition) is 4. The van der Waals surface area contributed by atoms with E-state index in [1.54, 1.807) is 4.90 Å². The van der Waals surface area contributed by atoms with E-state index in [1.807, 2.05) is 31.2 Å². The van der Waals surface area contributed by atoms with E-state index in [-0.39, 0.29) is 25.0 Å². The number of aliphatic carboxylic acids is 1. The molecule has 1 saturated heterocycles. The minimum Gasteiger partial charge on any atom is -0.481 e. The number of carboxylic acids is 1. The fourth-order valence-electron chi connectivity index (χ4n) is 4.93. The van der Waals surface area contributed by atoms with Crippen molar-refractivity contribution in [3.05, 3.63) is 59.7 Å². The Morgan fingerprint density at radius 2 is 1.73 bits per heavy atom. The van der Waals surface area contributed by atoms with E-state index < -0.39 is 24.0 Å². The molecule has 1 aliphatic heterocycles. The Hall–Kier alpha value is -3.35. The van der Waals surface area contributed by atoms with Crippen molar-refractivity contribution in [3.8, 4) is 11.1 Å². The zero-order valence-electron chi connectivity index (χ0n) is 18.8. The van der Waals surface area contributed by atoms with Gasteiger partial charge in [-0.05, 0) is 41.5 Å². The molecule has 174 valence electrons. The number of rotatable bonds is 7. The number of carbonyl (C=O) groups excluding carboxylic acids is 2. The zero-order chi connectivity index (χ0) is 23.4. The molecule has 1 heterocycles. The summed E-state index contributed by atoms with van der Waals surface area (Å²) in [5.41, 5.74) is 4.56. The van der Waals surface area contributed by atoms with Gasteiger partial charge < -0.3 is 20.1 Å². The molecule has 0 aromatic heterocycles. The molecule has 7 heteroatoms. The van der Waals surface area contributed by atoms with Gasteiger partial charge in [-0.1, -0.05) is 61.9 Å². The van der Waals surface area contributed by atoms with Crippen LogP contribution in [0.3, 0.4) is 0 Å². The fourth-order valence-corrected chi connectivity index (χ4v) is 4.93. The number of amides is 2. The first-order chi connectivity index (χ1) is 16.0. The Morgan fingerprint density at radius 3 is 2.33 bits per heavy atom. The van der Waals surface area contributed by atoms with Crippen LogP contribution in [-0.4, -0.2) is 53.7 Å². The quantitative estimate of drug-likeness (QED) is 0.664. The van der Waals surface area contributed by atoms with E-state index in [2.05, 4.69) is 29.6 Å². The first-order valence-corrected chi connectivity index (χ1v) is 11.6. The molecule has 4 rings (SSSR count). The van der Waals surface area contributed by atoms with E-state index in [1.165, 1.54) is 0 Å². The van der Waals surface area contributed by atoms with Gasteiger partial charge in [0.05, 0.1) is 5.92 Å². The van der Waals surface area contributed by atoms with Gasteiger partial charge in [0.2, 0.25) is 5.91 Å². The number of carboxylic acid groups (broad SMARTS) is 1. The summed E-state index contributed by atoms with van der Waals surface area (Å²) in [5, 5.41) is 12.0. The van der Waals surface area contributed by atoms with Crippen molar-refractivity contribution < 1.29 is 24.2 Å². The SMILES string of the molecule is CCC[C@@H](NC(=O)OCC1c2ccccc2-c2ccccc21)C(=O)N1CCC[C@@H](C(=O)O)C1. The highest BCUT2D eigenvalue weighted by Crippen LogP contribution is 2.44. The minimum atomic E-state index is -0.885. The van der Waals surface area contributed by atoms with Crippen LogP contribution < -0.4 is 5.32 Å². The third-order valence-corrected chi connectivity index (χ3v) is 6.59. The van der Waals surface area contributed by atoms with Crippen molar-refractivity contribution in [1.29, 1.82) is 0 Å². The Labute approximate surface area is 193 Å². The molecule has 33 heavy (non-hydrogen) atoms. The average Bonchev–Trinajstić information content (AvgIpc) is 3.16. The van der Waals surface area contributed by atoms with Crippen molar-refractivity contribution in [2.45, 2.75) is 44.6 Å². The Bertz CT molecular complexity index is 991. The lowest BCUT2D eigenvalue weighted by Crippen LogP contribution is -2.52. The first-order valence-electron chi connectivity index (χ1n) is 11.6. The zero-order valence-corrected chi connectivity index (χ0v) is 18.8. The molecule has 1 fully saturated rings. The summed E-state index contributed by atoms with van der Waals surface area (Å²) in [6.45, 7) is 2.81. The van der Waals surface area contributed by atoms with E-state index in [9.17, 15) is 19.5 Å². The molecule has 0 saturated carbocycles. The monoisotopic (exact) mass is 450 g/mol. The Kier molecular flexibility index (Phi) is 6.96. The number of alkyl carbamates (subject to hydrolysis) is 1. The van der Waals surface area contributed by atoms with Gasteiger partial charge in [-0.25, -0.2) is 4.79 Å². The summed E-state index contributed by atoms with van der Waals surface area (Å²) < 4.78 is 5.60. The number of carbonyl (C=O) groups is 3. The summed E-state index contributed by atoms with van der Waals surface area (Å²) in [7, 11) is 0. The van der Waals surface area contributed by atoms with Crippen LogP contribution in [-0.2, 0) is 14.3 Å². The van der Waals surface area contributed by atoms with Crippen LogP contribution in [0.1, 0.15) is 49.7 Å². The molecule has 2 aliphatic rings. The number of nitrogens with one attached hydrogen (secondary N) is 1. The number of benzene rings is 2. The molecule has 2 atom stereocenters. The van der Waals surface area contributed by atoms with E-state index >= 15 is 0 Å². The van der Waals surface area contributed by atoms with Gasteiger partial charge in [-0.3, -0.25) is 9.59 Å². The second kappa shape index (κ2) is 10.1. The maximum Gasteiger partial charge on any atom is 0.407 e. The maximum atomic E-state index is 13.0. The highest BCUT2D eigenvalue weighted by atomic mass is 16.5. The predicted molar refractivity (Wildman–Crippen MR) is 124 cm³/mol. The second-order valence-corrected chi connectivity index (χ2v) is 8.77. The topological polar surface area (TPSA) is 95.9 Å². The molecular formula is C26H30N2O5. The van der Waals surface area contributed by atoms with Gasteiger partial charge in [0.1, 0.15) is 12.6 Å². The lowest BCUT2D eigenvalue weighted by Gasteiger charge is -2.33. The molecule has 0 radical (unpaired) electrons. The molecule has 2 aromatic rings. The van der Waals surface area contributed by atoms with E-state index in [0.717, 1.165) is 22.3 Å². The summed E-state index contributed by atoms with van der Waals surface area (Å²) in [4.78, 5) is 38.6. The van der Waals surface area contributed by atoms with Crippen LogP contribution in [0, 0.1) is 5.92 Å². The first kappa shape index (κ1) is 22.8. The Balaban J connectivity index is 1.40. The predicted octanol–water partition coefficient (Wildman–Crippen LogP) is 4.02. The molecule has 2 N–H and O–H groups in total. The van der Waals surface area contributed by atoms with Crippen molar-refractivity contribution >= 4 is 18.0 Å². The third kappa shape index (κ3) is 4.87. The lowest BCUT2D eigenvalue weighted by molar-refractivity contribution is -0.146. The van der Waals surface area contributed by atoms with E-state index in [4.69, 9.17) is 4.74 Å². The van der Waals surface area contributed by atoms with Crippen LogP contribution in [0.4, 0.5) is 4.79 Å². The van der Waals surface area contributed by atoms with Crippen LogP contribution >= 0.6 is 0 Å². The molecule has 7 nitrogen and oxygen atoms in total. The van der Waals surface area contributed by atoms with Crippen LogP contribution in [0.2, 0.25) is 0 Å². The van der Waals surface area contributed by atoms with E-state index in [0.29, 0.717) is 32.2 Å². The smallest absolute Gasteiger partial charge is 0.407 e. The van der Waals surface area contributed by atoms with Crippen LogP contribution in [0.5, 0.6) is 0 Å². The van der Waals surface area contributed by atoms with Gasteiger partial charge in [-0.15, -0.1) is 0 Å². The molecule has 0 unspecified atom stereocenters. The summed E-state index contributed by atoms with van der Waals surface area (Å²) >= 11 is 0. The number of nitrogens with zero attached hydrogens (tertiary/aromatic N) is 1. The van der Waals surface area contributed by atoms with Crippen molar-refractivity contribution in [2.24, 2.45) is 5.92 Å². The van der Waals surface area contributed by atoms with Gasteiger partial charge in [-0.2, -0.15) is 0 Å². The van der Waals surface area contributed by atoms with Gasteiger partial charge in [0.15, 0.2) is 0 Å². The number of likely N-dealkylation sites (tertiary alicyclic amines) is 1. The number of fused-ring (bicyclic) bond motifs is 3. The van der Waals surface area contributed by atoms with Gasteiger partial charge in [0.25, 0.3) is 0 Å². The third-order valence-electron chi connectivity index (χ3n) is 6.59. The van der Waals surface area contributed by atoms with Crippen LogP contribution in [0.15, 0.2) is 48.5 Å². The van der Waals surface area contributed by atoms with Crippen molar-refractivity contribution in [3.63, 3.8) is 0 Å². The normalized spacial score (nSPS) is 18.2. The highest BCUT2D eigenvalue weighted by molar-refractivity contribution is 5.86. The van der Waals surface area contributed by atoms with Gasteiger partial charge >= 0.3 is 12.1 Å². The van der Waals surface area contributed by atoms with Crippen molar-refractivity contribution in [1.82, 2.24) is 10.2 Å². The molecule has 2 amide bonds. The molecule has 1 aliphatic carbocycles. The number of ether oxygens (including phenoxy) is 1. The average molecular weight is 451 g/mol. The largest absolute Gasteiger partial charge is 0.481 e. The summed E-state index contributed by atoms with van der Waals surface area (Å²) in [6, 6.07) is 15.5. The molecule has 0 bridgehead atoms. The Morgan fingerprint density at radius 1 is 1.09 bits per heavy atom. The molecular weight excluding hydrogens is 420 g/mol. The van der Waals surface area contributed by atoms with Crippen molar-refractivity contribution in [2.75, 3.05) is 19.7 Å². The fraction of sp³-hybridized carbons (Fsp3) is 0.423. The lowest BCUT2D eigenvalue weighted by atomic mass is 9.97. The number of hydrogen-bond donors (Lipinski definition) is 2. The molecule has 0 spiro atoms. The number of piperidine rings is 1. The minimum absolute atomic E-state index is 0.0538. The van der Waals surface area contributed by atoms with Crippen LogP contribution in [0.25, 0.3) is 11.1 Å². The molecule has 2 aromatic carbocycles.